The number of nitrogens with one attached hydrogen (secondary N) is 1. The molecule has 3 rings (SSSR count). The molecule has 0 aliphatic heterocycles. The summed E-state index contributed by atoms with van der Waals surface area (Å²) in [6.07, 6.45) is 1.70. The number of aromatic hydroxyl groups is 1. The molecule has 0 aliphatic carbocycles. The molecule has 17 heavy (non-hydrogen) atoms. The largest absolute Gasteiger partial charge is 0.501 e. The van der Waals surface area contributed by atoms with E-state index in [0.29, 0.717) is 16.7 Å². The average Bonchev–Trinajstić information content (AvgIpc) is 2.87. The number of para-hydroxylation sites is 1. The van der Waals surface area contributed by atoms with Gasteiger partial charge in [-0.2, -0.15) is 0 Å². The monoisotopic (exact) mass is 227 g/mol. The van der Waals surface area contributed by atoms with Crippen LogP contribution in [0.25, 0.3) is 22.4 Å². The van der Waals surface area contributed by atoms with E-state index in [1.54, 1.807) is 42.6 Å². The van der Waals surface area contributed by atoms with Gasteiger partial charge in [0.2, 0.25) is 11.2 Å². The molecule has 2 heterocycles. The second kappa shape index (κ2) is 3.52. The minimum Gasteiger partial charge on any atom is -0.501 e. The van der Waals surface area contributed by atoms with E-state index in [-0.39, 0.29) is 11.5 Å². The van der Waals surface area contributed by atoms with E-state index < -0.39 is 5.43 Å². The maximum absolute atomic E-state index is 11.9. The summed E-state index contributed by atoms with van der Waals surface area (Å²) in [7, 11) is 0. The molecule has 2 N–H and O–H groups in total. The van der Waals surface area contributed by atoms with Gasteiger partial charge in [0.25, 0.3) is 0 Å². The van der Waals surface area contributed by atoms with Crippen molar-refractivity contribution in [3.8, 4) is 17.2 Å². The zero-order chi connectivity index (χ0) is 11.8. The summed E-state index contributed by atoms with van der Waals surface area (Å²) >= 11 is 0. The Hall–Kier alpha value is -2.49. The molecule has 0 bridgehead atoms. The number of benzene rings is 1. The van der Waals surface area contributed by atoms with Crippen molar-refractivity contribution in [2.24, 2.45) is 0 Å². The second-order valence-corrected chi connectivity index (χ2v) is 3.69. The summed E-state index contributed by atoms with van der Waals surface area (Å²) in [4.78, 5) is 14.8. The highest BCUT2D eigenvalue weighted by Gasteiger charge is 2.14. The normalized spacial score (nSPS) is 10.8. The third kappa shape index (κ3) is 1.42. The van der Waals surface area contributed by atoms with Gasteiger partial charge in [0.05, 0.1) is 11.1 Å². The molecule has 0 atom stereocenters. The predicted molar refractivity (Wildman–Crippen MR) is 63.9 cm³/mol. The first kappa shape index (κ1) is 9.72. The fourth-order valence-corrected chi connectivity index (χ4v) is 1.79. The molecule has 0 spiro atoms. The van der Waals surface area contributed by atoms with Crippen LogP contribution in [0.15, 0.2) is 51.8 Å². The van der Waals surface area contributed by atoms with E-state index in [2.05, 4.69) is 4.98 Å². The Labute approximate surface area is 96.1 Å². The molecule has 4 heteroatoms. The van der Waals surface area contributed by atoms with E-state index in [9.17, 15) is 9.90 Å². The first-order chi connectivity index (χ1) is 8.27. The Balaban J connectivity index is 2.42. The minimum atomic E-state index is -0.420. The van der Waals surface area contributed by atoms with Crippen LogP contribution in [-0.2, 0) is 0 Å². The number of aromatic amines is 1. The molecule has 0 saturated carbocycles. The molecule has 0 fully saturated rings. The van der Waals surface area contributed by atoms with Crippen molar-refractivity contribution in [1.82, 2.24) is 4.98 Å². The lowest BCUT2D eigenvalue weighted by Gasteiger charge is -2.03. The lowest BCUT2D eigenvalue weighted by molar-refractivity contribution is 0.448. The molecule has 0 amide bonds. The van der Waals surface area contributed by atoms with E-state index in [0.717, 1.165) is 0 Å². The summed E-state index contributed by atoms with van der Waals surface area (Å²) in [6, 6.07) is 10.3. The predicted octanol–water partition coefficient (Wildman–Crippen LogP) is 2.49. The highest BCUT2D eigenvalue weighted by Crippen LogP contribution is 2.28. The molecule has 2 aromatic heterocycles. The van der Waals surface area contributed by atoms with Crippen molar-refractivity contribution in [2.45, 2.75) is 0 Å². The number of fused-ring (bicyclic) bond motifs is 1. The molecular weight excluding hydrogens is 218 g/mol. The molecule has 1 aromatic carbocycles. The summed E-state index contributed by atoms with van der Waals surface area (Å²) in [6.45, 7) is 0. The first-order valence-electron chi connectivity index (χ1n) is 5.16. The molecule has 84 valence electrons. The Morgan fingerprint density at radius 2 is 1.94 bits per heavy atom. The van der Waals surface area contributed by atoms with Crippen LogP contribution in [0.1, 0.15) is 0 Å². The number of hydrogen-bond acceptors (Lipinski definition) is 3. The molecule has 0 radical (unpaired) electrons. The summed E-state index contributed by atoms with van der Waals surface area (Å²) in [5, 5.41) is 10.2. The molecular formula is C13H9NO3. The van der Waals surface area contributed by atoms with Gasteiger partial charge in [-0.25, -0.2) is 0 Å². The highest BCUT2D eigenvalue weighted by molar-refractivity contribution is 5.81. The second-order valence-electron chi connectivity index (χ2n) is 3.69. The third-order valence-corrected chi connectivity index (χ3v) is 2.62. The van der Waals surface area contributed by atoms with Crippen molar-refractivity contribution in [2.75, 3.05) is 0 Å². The summed E-state index contributed by atoms with van der Waals surface area (Å²) in [5.74, 6) is -0.204. The van der Waals surface area contributed by atoms with Crippen LogP contribution in [0.3, 0.4) is 0 Å². The first-order valence-corrected chi connectivity index (χ1v) is 5.16. The van der Waals surface area contributed by atoms with Crippen LogP contribution >= 0.6 is 0 Å². The molecule has 4 nitrogen and oxygen atoms in total. The number of aromatic nitrogens is 1. The Kier molecular flexibility index (Phi) is 2.01. The standard InChI is InChI=1S/C13H9NO3/c15-11-8-4-1-2-6-10(8)17-13(12(11)16)9-5-3-7-14-9/h1-7,14,16H. The van der Waals surface area contributed by atoms with Gasteiger partial charge >= 0.3 is 0 Å². The van der Waals surface area contributed by atoms with Crippen molar-refractivity contribution in [3.05, 3.63) is 52.8 Å². The van der Waals surface area contributed by atoms with Gasteiger partial charge in [-0.1, -0.05) is 12.1 Å². The summed E-state index contributed by atoms with van der Waals surface area (Å²) < 4.78 is 5.54. The maximum Gasteiger partial charge on any atom is 0.235 e. The fourth-order valence-electron chi connectivity index (χ4n) is 1.79. The van der Waals surface area contributed by atoms with Gasteiger partial charge < -0.3 is 14.5 Å². The van der Waals surface area contributed by atoms with Crippen molar-refractivity contribution >= 4 is 11.0 Å². The molecule has 3 aromatic rings. The van der Waals surface area contributed by atoms with Crippen molar-refractivity contribution in [1.29, 1.82) is 0 Å². The zero-order valence-electron chi connectivity index (χ0n) is 8.81. The van der Waals surface area contributed by atoms with Gasteiger partial charge in [-0.3, -0.25) is 4.79 Å². The number of rotatable bonds is 1. The van der Waals surface area contributed by atoms with Gasteiger partial charge in [0, 0.05) is 6.20 Å². The molecule has 0 aliphatic rings. The Morgan fingerprint density at radius 1 is 1.12 bits per heavy atom. The van der Waals surface area contributed by atoms with Crippen molar-refractivity contribution in [3.63, 3.8) is 0 Å². The lowest BCUT2D eigenvalue weighted by atomic mass is 10.2. The van der Waals surface area contributed by atoms with Gasteiger partial charge in [0.15, 0.2) is 5.76 Å². The molecule has 0 saturated heterocycles. The third-order valence-electron chi connectivity index (χ3n) is 2.62. The topological polar surface area (TPSA) is 66.2 Å². The van der Waals surface area contributed by atoms with Crippen LogP contribution in [0, 0.1) is 0 Å². The Bertz CT molecular complexity index is 726. The quantitative estimate of drug-likeness (QED) is 0.671. The maximum atomic E-state index is 11.9. The van der Waals surface area contributed by atoms with Crippen LogP contribution in [0.4, 0.5) is 0 Å². The van der Waals surface area contributed by atoms with E-state index in [1.807, 2.05) is 0 Å². The van der Waals surface area contributed by atoms with Crippen LogP contribution in [0.2, 0.25) is 0 Å². The molecule has 0 unspecified atom stereocenters. The zero-order valence-corrected chi connectivity index (χ0v) is 8.81. The van der Waals surface area contributed by atoms with E-state index in [4.69, 9.17) is 4.42 Å². The smallest absolute Gasteiger partial charge is 0.235 e. The highest BCUT2D eigenvalue weighted by atomic mass is 16.4. The van der Waals surface area contributed by atoms with Crippen LogP contribution < -0.4 is 5.43 Å². The van der Waals surface area contributed by atoms with Gasteiger partial charge in [-0.05, 0) is 24.3 Å². The Morgan fingerprint density at radius 3 is 2.71 bits per heavy atom. The van der Waals surface area contributed by atoms with Gasteiger partial charge in [-0.15, -0.1) is 0 Å². The number of hydrogen-bond donors (Lipinski definition) is 2. The van der Waals surface area contributed by atoms with E-state index >= 15 is 0 Å². The lowest BCUT2D eigenvalue weighted by Crippen LogP contribution is -2.02. The van der Waals surface area contributed by atoms with Gasteiger partial charge in [0.1, 0.15) is 5.58 Å². The number of H-pyrrole nitrogens is 1. The SMILES string of the molecule is O=c1c(O)c(-c2ccc[nH]2)oc2ccccc12. The van der Waals surface area contributed by atoms with Crippen LogP contribution in [-0.4, -0.2) is 10.1 Å². The minimum absolute atomic E-state index is 0.165. The fraction of sp³-hybridized carbons (Fsp3) is 0. The van der Waals surface area contributed by atoms with E-state index in [1.165, 1.54) is 0 Å². The summed E-state index contributed by atoms with van der Waals surface area (Å²) in [5.41, 5.74) is 0.613. The average molecular weight is 227 g/mol. The van der Waals surface area contributed by atoms with Crippen LogP contribution in [0.5, 0.6) is 5.75 Å². The van der Waals surface area contributed by atoms with Crippen molar-refractivity contribution < 1.29 is 9.52 Å².